The minimum atomic E-state index is -0.0883. The Labute approximate surface area is 113 Å². The van der Waals surface area contributed by atoms with E-state index in [1.165, 1.54) is 6.42 Å². The molecule has 0 aromatic rings. The lowest BCUT2D eigenvalue weighted by atomic mass is 9.62. The largest absolute Gasteiger partial charge is 0.369 e. The second-order valence-electron chi connectivity index (χ2n) is 8.31. The van der Waals surface area contributed by atoms with Gasteiger partial charge in [0.25, 0.3) is 0 Å². The van der Waals surface area contributed by atoms with Gasteiger partial charge in [-0.15, -0.1) is 0 Å². The van der Waals surface area contributed by atoms with Crippen molar-refractivity contribution in [3.63, 3.8) is 0 Å². The highest BCUT2D eigenvalue weighted by Crippen LogP contribution is 2.51. The Morgan fingerprint density at radius 1 is 0.944 bits per heavy atom. The first kappa shape index (κ1) is 14.3. The van der Waals surface area contributed by atoms with Crippen LogP contribution in [0.1, 0.15) is 67.2 Å². The van der Waals surface area contributed by atoms with Crippen molar-refractivity contribution < 1.29 is 4.74 Å². The first-order valence-electron chi connectivity index (χ1n) is 7.53. The van der Waals surface area contributed by atoms with E-state index in [4.69, 9.17) is 10.5 Å². The minimum Gasteiger partial charge on any atom is -0.369 e. The Kier molecular flexibility index (Phi) is 3.35. The van der Waals surface area contributed by atoms with Crippen LogP contribution < -0.4 is 5.73 Å². The van der Waals surface area contributed by atoms with E-state index in [1.807, 2.05) is 0 Å². The zero-order valence-electron chi connectivity index (χ0n) is 13.0. The molecule has 3 unspecified atom stereocenters. The minimum absolute atomic E-state index is 0.0234. The molecule has 18 heavy (non-hydrogen) atoms. The van der Waals surface area contributed by atoms with Gasteiger partial charge in [0.1, 0.15) is 0 Å². The molecule has 2 aliphatic rings. The molecule has 1 saturated carbocycles. The molecule has 106 valence electrons. The lowest BCUT2D eigenvalue weighted by Crippen LogP contribution is -2.56. The number of ether oxygens (including phenoxy) is 1. The standard InChI is InChI=1S/C16H31NO/c1-11-7-12(2)9-16(17,8-11)13-10-14(3,4)18-15(13,5)6/h11-13H,7-10,17H2,1-6H3. The molecule has 2 rings (SSSR count). The van der Waals surface area contributed by atoms with E-state index < -0.39 is 0 Å². The Hall–Kier alpha value is -0.0800. The van der Waals surface area contributed by atoms with Crippen LogP contribution in [0.3, 0.4) is 0 Å². The van der Waals surface area contributed by atoms with E-state index in [2.05, 4.69) is 41.5 Å². The molecule has 0 amide bonds. The van der Waals surface area contributed by atoms with Gasteiger partial charge in [0.15, 0.2) is 0 Å². The van der Waals surface area contributed by atoms with Crippen LogP contribution in [0.5, 0.6) is 0 Å². The summed E-state index contributed by atoms with van der Waals surface area (Å²) in [6.45, 7) is 13.6. The molecule has 1 aliphatic heterocycles. The van der Waals surface area contributed by atoms with Gasteiger partial charge < -0.3 is 10.5 Å². The SMILES string of the molecule is CC1CC(C)CC(N)(C2CC(C)(C)OC2(C)C)C1. The maximum absolute atomic E-state index is 6.86. The van der Waals surface area contributed by atoms with Crippen molar-refractivity contribution >= 4 is 0 Å². The molecule has 2 fully saturated rings. The van der Waals surface area contributed by atoms with E-state index in [0.29, 0.717) is 5.92 Å². The smallest absolute Gasteiger partial charge is 0.0680 e. The van der Waals surface area contributed by atoms with E-state index in [-0.39, 0.29) is 16.7 Å². The van der Waals surface area contributed by atoms with Gasteiger partial charge in [-0.05, 0) is 65.2 Å². The van der Waals surface area contributed by atoms with E-state index in [1.54, 1.807) is 0 Å². The molecule has 1 heterocycles. The van der Waals surface area contributed by atoms with Crippen LogP contribution in [0.4, 0.5) is 0 Å². The van der Waals surface area contributed by atoms with Crippen molar-refractivity contribution in [3.05, 3.63) is 0 Å². The van der Waals surface area contributed by atoms with Crippen molar-refractivity contribution in [2.24, 2.45) is 23.5 Å². The summed E-state index contributed by atoms with van der Waals surface area (Å²) in [5, 5.41) is 0. The average molecular weight is 253 g/mol. The monoisotopic (exact) mass is 253 g/mol. The Morgan fingerprint density at radius 3 is 1.83 bits per heavy atom. The Morgan fingerprint density at radius 2 is 1.44 bits per heavy atom. The summed E-state index contributed by atoms with van der Waals surface area (Å²) >= 11 is 0. The fourth-order valence-corrected chi connectivity index (χ4v) is 4.98. The molecule has 0 bridgehead atoms. The van der Waals surface area contributed by atoms with E-state index >= 15 is 0 Å². The zero-order valence-corrected chi connectivity index (χ0v) is 13.0. The van der Waals surface area contributed by atoms with Gasteiger partial charge in [-0.25, -0.2) is 0 Å². The Balaban J connectivity index is 2.24. The molecule has 3 atom stereocenters. The van der Waals surface area contributed by atoms with Gasteiger partial charge in [0.2, 0.25) is 0 Å². The van der Waals surface area contributed by atoms with Gasteiger partial charge in [-0.2, -0.15) is 0 Å². The van der Waals surface area contributed by atoms with E-state index in [9.17, 15) is 0 Å². The highest BCUT2D eigenvalue weighted by atomic mass is 16.5. The maximum Gasteiger partial charge on any atom is 0.0680 e. The molecular weight excluding hydrogens is 222 g/mol. The molecule has 0 aromatic carbocycles. The summed E-state index contributed by atoms with van der Waals surface area (Å²) in [6.07, 6.45) is 4.74. The summed E-state index contributed by atoms with van der Waals surface area (Å²) in [5.41, 5.74) is 6.72. The maximum atomic E-state index is 6.86. The fourth-order valence-electron chi connectivity index (χ4n) is 4.98. The molecule has 2 heteroatoms. The Bertz CT molecular complexity index is 311. The topological polar surface area (TPSA) is 35.2 Å². The van der Waals surface area contributed by atoms with Crippen molar-refractivity contribution in [2.45, 2.75) is 84.0 Å². The van der Waals surface area contributed by atoms with Crippen LogP contribution in [0.15, 0.2) is 0 Å². The number of hydrogen-bond donors (Lipinski definition) is 1. The number of rotatable bonds is 1. The number of nitrogens with two attached hydrogens (primary N) is 1. The molecule has 0 spiro atoms. The average Bonchev–Trinajstić information content (AvgIpc) is 2.32. The van der Waals surface area contributed by atoms with Crippen LogP contribution in [-0.2, 0) is 4.74 Å². The van der Waals surface area contributed by atoms with Gasteiger partial charge in [0.05, 0.1) is 11.2 Å². The van der Waals surface area contributed by atoms with Crippen molar-refractivity contribution in [1.29, 1.82) is 0 Å². The summed E-state index contributed by atoms with van der Waals surface area (Å²) in [5.74, 6) is 1.97. The third kappa shape index (κ3) is 2.60. The third-order valence-electron chi connectivity index (χ3n) is 5.03. The highest BCUT2D eigenvalue weighted by molar-refractivity contribution is 5.08. The van der Waals surface area contributed by atoms with Crippen molar-refractivity contribution in [1.82, 2.24) is 0 Å². The second-order valence-corrected chi connectivity index (χ2v) is 8.31. The molecule has 0 aromatic heterocycles. The van der Waals surface area contributed by atoms with Gasteiger partial charge >= 0.3 is 0 Å². The normalized spacial score (nSPS) is 47.2. The van der Waals surface area contributed by atoms with Gasteiger partial charge in [-0.1, -0.05) is 13.8 Å². The third-order valence-corrected chi connectivity index (χ3v) is 5.03. The van der Waals surface area contributed by atoms with Crippen LogP contribution in [0, 0.1) is 17.8 Å². The summed E-state index contributed by atoms with van der Waals surface area (Å²) in [4.78, 5) is 0. The summed E-state index contributed by atoms with van der Waals surface area (Å²) in [6, 6.07) is 0. The lowest BCUT2D eigenvalue weighted by molar-refractivity contribution is -0.0862. The quantitative estimate of drug-likeness (QED) is 0.772. The molecule has 1 aliphatic carbocycles. The molecule has 2 N–H and O–H groups in total. The molecule has 2 nitrogen and oxygen atoms in total. The van der Waals surface area contributed by atoms with Crippen LogP contribution >= 0.6 is 0 Å². The predicted octanol–water partition coefficient (Wildman–Crippen LogP) is 3.73. The predicted molar refractivity (Wildman–Crippen MR) is 76.4 cm³/mol. The van der Waals surface area contributed by atoms with Crippen LogP contribution in [-0.4, -0.2) is 16.7 Å². The lowest BCUT2D eigenvalue weighted by Gasteiger charge is -2.47. The summed E-state index contributed by atoms with van der Waals surface area (Å²) < 4.78 is 6.26. The molecular formula is C16H31NO. The second kappa shape index (κ2) is 4.21. The van der Waals surface area contributed by atoms with Crippen molar-refractivity contribution in [3.8, 4) is 0 Å². The first-order chi connectivity index (χ1) is 8.04. The number of hydrogen-bond acceptors (Lipinski definition) is 2. The fraction of sp³-hybridized carbons (Fsp3) is 1.00. The van der Waals surface area contributed by atoms with Crippen LogP contribution in [0.25, 0.3) is 0 Å². The van der Waals surface area contributed by atoms with E-state index in [0.717, 1.165) is 31.1 Å². The molecule has 1 saturated heterocycles. The summed E-state index contributed by atoms with van der Waals surface area (Å²) in [7, 11) is 0. The van der Waals surface area contributed by atoms with Crippen molar-refractivity contribution in [2.75, 3.05) is 0 Å². The van der Waals surface area contributed by atoms with Gasteiger partial charge in [0, 0.05) is 11.5 Å². The van der Waals surface area contributed by atoms with Crippen LogP contribution in [0.2, 0.25) is 0 Å². The highest BCUT2D eigenvalue weighted by Gasteiger charge is 2.55. The first-order valence-corrected chi connectivity index (χ1v) is 7.53. The molecule has 0 radical (unpaired) electrons. The van der Waals surface area contributed by atoms with Gasteiger partial charge in [-0.3, -0.25) is 0 Å². The zero-order chi connectivity index (χ0) is 13.8.